The van der Waals surface area contributed by atoms with E-state index in [-0.39, 0.29) is 5.41 Å². The van der Waals surface area contributed by atoms with Crippen molar-refractivity contribution >= 4 is 32.7 Å². The summed E-state index contributed by atoms with van der Waals surface area (Å²) < 4.78 is 12.1. The second kappa shape index (κ2) is 7.08. The third-order valence-corrected chi connectivity index (χ3v) is 6.44. The van der Waals surface area contributed by atoms with Crippen LogP contribution in [0.2, 0.25) is 0 Å². The molecule has 0 amide bonds. The first kappa shape index (κ1) is 19.8. The van der Waals surface area contributed by atoms with E-state index < -0.39 is 0 Å². The predicted octanol–water partition coefficient (Wildman–Crippen LogP) is 8.67. The van der Waals surface area contributed by atoms with Gasteiger partial charge in [0.1, 0.15) is 16.9 Å². The standard InChI is InChI=1S/C30H25NO2/c1-18-17-32-26-11-7-10-22(28(18)26)27-16-23-25(33-27)12-13-31-29(23)20-14-19-8-5-6-9-21(19)24(15-20)30(2,3)4/h5-17H,1-4H3. The molecule has 6 aromatic rings. The molecule has 0 radical (unpaired) electrons. The van der Waals surface area contributed by atoms with Gasteiger partial charge in [-0.2, -0.15) is 0 Å². The molecule has 0 aliphatic heterocycles. The molecule has 0 unspecified atom stereocenters. The van der Waals surface area contributed by atoms with Gasteiger partial charge in [0.2, 0.25) is 0 Å². The van der Waals surface area contributed by atoms with Crippen LogP contribution in [0.5, 0.6) is 0 Å². The number of aryl methyl sites for hydroxylation is 1. The molecule has 3 nitrogen and oxygen atoms in total. The number of benzene rings is 3. The predicted molar refractivity (Wildman–Crippen MR) is 136 cm³/mol. The van der Waals surface area contributed by atoms with Gasteiger partial charge in [0.05, 0.1) is 12.0 Å². The number of rotatable bonds is 2. The van der Waals surface area contributed by atoms with Crippen molar-refractivity contribution in [3.63, 3.8) is 0 Å². The number of nitrogens with zero attached hydrogens (tertiary/aromatic N) is 1. The van der Waals surface area contributed by atoms with Gasteiger partial charge < -0.3 is 8.83 Å². The van der Waals surface area contributed by atoms with Gasteiger partial charge in [0, 0.05) is 28.1 Å². The molecule has 0 saturated heterocycles. The lowest BCUT2D eigenvalue weighted by Gasteiger charge is -2.22. The maximum absolute atomic E-state index is 6.35. The monoisotopic (exact) mass is 431 g/mol. The number of aromatic nitrogens is 1. The van der Waals surface area contributed by atoms with Crippen LogP contribution in [0.4, 0.5) is 0 Å². The largest absolute Gasteiger partial charge is 0.464 e. The maximum atomic E-state index is 6.35. The summed E-state index contributed by atoms with van der Waals surface area (Å²) in [5.41, 5.74) is 7.21. The highest BCUT2D eigenvalue weighted by Crippen LogP contribution is 2.40. The molecule has 6 rings (SSSR count). The Morgan fingerprint density at radius 1 is 0.818 bits per heavy atom. The first-order valence-corrected chi connectivity index (χ1v) is 11.3. The normalized spacial score (nSPS) is 12.2. The van der Waals surface area contributed by atoms with Crippen molar-refractivity contribution in [1.82, 2.24) is 4.98 Å². The molecule has 0 N–H and O–H groups in total. The van der Waals surface area contributed by atoms with Crippen molar-refractivity contribution in [2.75, 3.05) is 0 Å². The number of pyridine rings is 1. The van der Waals surface area contributed by atoms with Gasteiger partial charge in [-0.3, -0.25) is 4.98 Å². The van der Waals surface area contributed by atoms with Gasteiger partial charge in [-0.15, -0.1) is 0 Å². The van der Waals surface area contributed by atoms with Crippen LogP contribution < -0.4 is 0 Å². The summed E-state index contributed by atoms with van der Waals surface area (Å²) >= 11 is 0. The topological polar surface area (TPSA) is 39.2 Å². The molecule has 0 spiro atoms. The van der Waals surface area contributed by atoms with Crippen molar-refractivity contribution in [3.05, 3.63) is 90.3 Å². The zero-order valence-electron chi connectivity index (χ0n) is 19.3. The van der Waals surface area contributed by atoms with E-state index in [0.717, 1.165) is 50.1 Å². The molecule has 0 aliphatic rings. The van der Waals surface area contributed by atoms with Crippen LogP contribution in [0.15, 0.2) is 88.0 Å². The Balaban J connectivity index is 1.60. The van der Waals surface area contributed by atoms with E-state index >= 15 is 0 Å². The second-order valence-corrected chi connectivity index (χ2v) is 9.77. The average Bonchev–Trinajstić information content (AvgIpc) is 3.41. The third-order valence-electron chi connectivity index (χ3n) is 6.44. The first-order valence-electron chi connectivity index (χ1n) is 11.3. The molecule has 0 fully saturated rings. The fourth-order valence-corrected chi connectivity index (χ4v) is 4.85. The minimum absolute atomic E-state index is 0.0134. The molecule has 33 heavy (non-hydrogen) atoms. The van der Waals surface area contributed by atoms with Crippen molar-refractivity contribution in [1.29, 1.82) is 0 Å². The van der Waals surface area contributed by atoms with Crippen molar-refractivity contribution in [3.8, 4) is 22.6 Å². The van der Waals surface area contributed by atoms with Crippen LogP contribution in [0.25, 0.3) is 55.3 Å². The van der Waals surface area contributed by atoms with E-state index in [0.29, 0.717) is 0 Å². The average molecular weight is 432 g/mol. The Labute approximate surface area is 192 Å². The number of fused-ring (bicyclic) bond motifs is 3. The molecule has 162 valence electrons. The minimum Gasteiger partial charge on any atom is -0.464 e. The summed E-state index contributed by atoms with van der Waals surface area (Å²) in [5, 5.41) is 4.62. The molecule has 3 heteroatoms. The zero-order chi connectivity index (χ0) is 22.7. The summed E-state index contributed by atoms with van der Waals surface area (Å²) in [6.07, 6.45) is 3.63. The van der Waals surface area contributed by atoms with Crippen LogP contribution in [0.3, 0.4) is 0 Å². The number of hydrogen-bond acceptors (Lipinski definition) is 3. The SMILES string of the molecule is Cc1coc2cccc(-c3cc4c(-c5cc(C(C)(C)C)c6ccccc6c5)nccc4o3)c12. The van der Waals surface area contributed by atoms with E-state index in [4.69, 9.17) is 13.8 Å². The first-order chi connectivity index (χ1) is 15.9. The molecule has 3 aromatic carbocycles. The summed E-state index contributed by atoms with van der Waals surface area (Å²) in [6, 6.07) is 23.3. The van der Waals surface area contributed by atoms with E-state index in [9.17, 15) is 0 Å². The summed E-state index contributed by atoms with van der Waals surface area (Å²) in [4.78, 5) is 4.81. The molecular weight excluding hydrogens is 406 g/mol. The van der Waals surface area contributed by atoms with Crippen LogP contribution in [0.1, 0.15) is 31.9 Å². The van der Waals surface area contributed by atoms with Crippen LogP contribution in [-0.2, 0) is 5.41 Å². The Kier molecular flexibility index (Phi) is 4.25. The van der Waals surface area contributed by atoms with E-state index in [1.165, 1.54) is 16.3 Å². The van der Waals surface area contributed by atoms with Gasteiger partial charge in [-0.05, 0) is 64.6 Å². The van der Waals surface area contributed by atoms with E-state index in [2.05, 4.69) is 76.2 Å². The van der Waals surface area contributed by atoms with Crippen LogP contribution in [0, 0.1) is 6.92 Å². The molecule has 3 aromatic heterocycles. The van der Waals surface area contributed by atoms with E-state index in [1.54, 1.807) is 6.26 Å². The van der Waals surface area contributed by atoms with Gasteiger partial charge in [-0.1, -0.05) is 57.2 Å². The Morgan fingerprint density at radius 3 is 2.52 bits per heavy atom. The Morgan fingerprint density at radius 2 is 1.67 bits per heavy atom. The van der Waals surface area contributed by atoms with Gasteiger partial charge in [0.25, 0.3) is 0 Å². The molecule has 0 atom stereocenters. The maximum Gasteiger partial charge on any atom is 0.138 e. The second-order valence-electron chi connectivity index (χ2n) is 9.77. The lowest BCUT2D eigenvalue weighted by atomic mass is 9.82. The Hall–Kier alpha value is -3.85. The summed E-state index contributed by atoms with van der Waals surface area (Å²) in [5.74, 6) is 0.825. The van der Waals surface area contributed by atoms with E-state index in [1.807, 2.05) is 24.4 Å². The van der Waals surface area contributed by atoms with Crippen LogP contribution >= 0.6 is 0 Å². The summed E-state index contributed by atoms with van der Waals surface area (Å²) in [6.45, 7) is 8.84. The zero-order valence-corrected chi connectivity index (χ0v) is 19.3. The highest BCUT2D eigenvalue weighted by molar-refractivity contribution is 6.01. The number of furan rings is 2. The smallest absolute Gasteiger partial charge is 0.138 e. The summed E-state index contributed by atoms with van der Waals surface area (Å²) in [7, 11) is 0. The Bertz CT molecular complexity index is 1660. The highest BCUT2D eigenvalue weighted by Gasteiger charge is 2.20. The fourth-order valence-electron chi connectivity index (χ4n) is 4.85. The lowest BCUT2D eigenvalue weighted by molar-refractivity contribution is 0.596. The van der Waals surface area contributed by atoms with Gasteiger partial charge in [-0.25, -0.2) is 0 Å². The number of hydrogen-bond donors (Lipinski definition) is 0. The van der Waals surface area contributed by atoms with Crippen molar-refractivity contribution < 1.29 is 8.83 Å². The van der Waals surface area contributed by atoms with Gasteiger partial charge in [0.15, 0.2) is 0 Å². The highest BCUT2D eigenvalue weighted by atomic mass is 16.3. The van der Waals surface area contributed by atoms with Crippen molar-refractivity contribution in [2.24, 2.45) is 0 Å². The molecule has 0 aliphatic carbocycles. The lowest BCUT2D eigenvalue weighted by Crippen LogP contribution is -2.12. The van der Waals surface area contributed by atoms with Crippen LogP contribution in [-0.4, -0.2) is 4.98 Å². The van der Waals surface area contributed by atoms with Crippen molar-refractivity contribution in [2.45, 2.75) is 33.1 Å². The minimum atomic E-state index is 0.0134. The molecule has 3 heterocycles. The molecule has 0 saturated carbocycles. The quantitative estimate of drug-likeness (QED) is 0.275. The molecular formula is C30H25NO2. The third kappa shape index (κ3) is 3.15. The van der Waals surface area contributed by atoms with Gasteiger partial charge >= 0.3 is 0 Å². The fraction of sp³-hybridized carbons (Fsp3) is 0.167. The molecule has 0 bridgehead atoms.